The van der Waals surface area contributed by atoms with Gasteiger partial charge in [0, 0.05) is 0 Å². The van der Waals surface area contributed by atoms with Gasteiger partial charge in [-0.15, -0.1) is 0 Å². The molecule has 1 aromatic carbocycles. The first kappa shape index (κ1) is 17.5. The molecule has 0 saturated carbocycles. The SMILES string of the molecule is CC(C)(/C=C\I)OC(=O)NC(CC(=O)O)c1ccccc1. The van der Waals surface area contributed by atoms with E-state index in [1.165, 1.54) is 0 Å². The van der Waals surface area contributed by atoms with E-state index in [0.29, 0.717) is 0 Å². The Morgan fingerprint density at radius 1 is 1.38 bits per heavy atom. The van der Waals surface area contributed by atoms with Crippen molar-refractivity contribution < 1.29 is 19.4 Å². The second-order valence-electron chi connectivity index (χ2n) is 4.99. The molecule has 0 aliphatic carbocycles. The fourth-order valence-corrected chi connectivity index (χ4v) is 2.57. The Morgan fingerprint density at radius 2 is 2.00 bits per heavy atom. The number of rotatable bonds is 6. The normalized spacial score (nSPS) is 12.9. The quantitative estimate of drug-likeness (QED) is 0.711. The summed E-state index contributed by atoms with van der Waals surface area (Å²) >= 11 is 2.04. The third-order valence-corrected chi connectivity index (χ3v) is 3.05. The molecule has 0 heterocycles. The number of carbonyl (C=O) groups excluding carboxylic acids is 1. The first-order valence-electron chi connectivity index (χ1n) is 6.38. The van der Waals surface area contributed by atoms with Crippen molar-refractivity contribution in [3.63, 3.8) is 0 Å². The van der Waals surface area contributed by atoms with E-state index in [2.05, 4.69) is 5.32 Å². The van der Waals surface area contributed by atoms with Gasteiger partial charge in [-0.25, -0.2) is 4.79 Å². The number of nitrogens with one attached hydrogen (secondary N) is 1. The van der Waals surface area contributed by atoms with Gasteiger partial charge in [0.1, 0.15) is 5.60 Å². The van der Waals surface area contributed by atoms with Crippen molar-refractivity contribution in [2.75, 3.05) is 0 Å². The number of aliphatic carboxylic acids is 1. The zero-order valence-electron chi connectivity index (χ0n) is 11.9. The summed E-state index contributed by atoms with van der Waals surface area (Å²) in [5, 5.41) is 11.6. The summed E-state index contributed by atoms with van der Waals surface area (Å²) in [6.45, 7) is 3.49. The van der Waals surface area contributed by atoms with E-state index in [0.717, 1.165) is 5.56 Å². The van der Waals surface area contributed by atoms with Crippen LogP contribution in [0.3, 0.4) is 0 Å². The average Bonchev–Trinajstić information content (AvgIpc) is 2.37. The van der Waals surface area contributed by atoms with Crippen molar-refractivity contribution in [3.05, 3.63) is 46.1 Å². The molecule has 1 unspecified atom stereocenters. The van der Waals surface area contributed by atoms with E-state index >= 15 is 0 Å². The van der Waals surface area contributed by atoms with E-state index in [-0.39, 0.29) is 6.42 Å². The zero-order chi connectivity index (χ0) is 15.9. The van der Waals surface area contributed by atoms with Crippen molar-refractivity contribution in [3.8, 4) is 0 Å². The minimum atomic E-state index is -0.990. The monoisotopic (exact) mass is 403 g/mol. The third-order valence-electron chi connectivity index (χ3n) is 2.69. The highest BCUT2D eigenvalue weighted by Crippen LogP contribution is 2.18. The van der Waals surface area contributed by atoms with Gasteiger partial charge in [-0.1, -0.05) is 52.9 Å². The van der Waals surface area contributed by atoms with Crippen LogP contribution in [-0.4, -0.2) is 22.8 Å². The predicted molar refractivity (Wildman–Crippen MR) is 88.3 cm³/mol. The Balaban J connectivity index is 2.78. The van der Waals surface area contributed by atoms with E-state index in [1.54, 1.807) is 48.3 Å². The highest BCUT2D eigenvalue weighted by atomic mass is 127. The first-order valence-corrected chi connectivity index (χ1v) is 7.63. The first-order chi connectivity index (χ1) is 9.84. The van der Waals surface area contributed by atoms with E-state index < -0.39 is 23.7 Å². The Kier molecular flexibility index (Phi) is 6.67. The summed E-state index contributed by atoms with van der Waals surface area (Å²) < 4.78 is 7.04. The van der Waals surface area contributed by atoms with Gasteiger partial charge < -0.3 is 15.2 Å². The van der Waals surface area contributed by atoms with Gasteiger partial charge in [-0.2, -0.15) is 0 Å². The van der Waals surface area contributed by atoms with Crippen LogP contribution in [-0.2, 0) is 9.53 Å². The number of hydrogen-bond donors (Lipinski definition) is 2. The number of hydrogen-bond acceptors (Lipinski definition) is 3. The van der Waals surface area contributed by atoms with Gasteiger partial charge in [0.05, 0.1) is 12.5 Å². The van der Waals surface area contributed by atoms with Crippen LogP contribution < -0.4 is 5.32 Å². The summed E-state index contributed by atoms with van der Waals surface area (Å²) in [6.07, 6.45) is 0.883. The molecule has 21 heavy (non-hydrogen) atoms. The number of ether oxygens (including phenoxy) is 1. The lowest BCUT2D eigenvalue weighted by Crippen LogP contribution is -2.36. The van der Waals surface area contributed by atoms with Crippen LogP contribution >= 0.6 is 22.6 Å². The van der Waals surface area contributed by atoms with Crippen LogP contribution in [0.2, 0.25) is 0 Å². The molecule has 2 N–H and O–H groups in total. The van der Waals surface area contributed by atoms with Gasteiger partial charge in [-0.05, 0) is 29.6 Å². The molecule has 5 nitrogen and oxygen atoms in total. The van der Waals surface area contributed by atoms with Crippen LogP contribution in [0.5, 0.6) is 0 Å². The van der Waals surface area contributed by atoms with Gasteiger partial charge >= 0.3 is 12.1 Å². The van der Waals surface area contributed by atoms with E-state index in [9.17, 15) is 9.59 Å². The Hall–Kier alpha value is -1.57. The lowest BCUT2D eigenvalue weighted by molar-refractivity contribution is -0.137. The number of carbonyl (C=O) groups is 2. The molecule has 0 bridgehead atoms. The zero-order valence-corrected chi connectivity index (χ0v) is 14.0. The van der Waals surface area contributed by atoms with Crippen molar-refractivity contribution in [1.82, 2.24) is 5.32 Å². The maximum atomic E-state index is 11.9. The Morgan fingerprint density at radius 3 is 2.52 bits per heavy atom. The van der Waals surface area contributed by atoms with Crippen molar-refractivity contribution >= 4 is 34.7 Å². The van der Waals surface area contributed by atoms with Crippen molar-refractivity contribution in [2.45, 2.75) is 31.9 Å². The number of benzene rings is 1. The molecule has 0 aromatic heterocycles. The molecule has 1 rings (SSSR count). The van der Waals surface area contributed by atoms with Crippen LogP contribution in [0, 0.1) is 0 Å². The summed E-state index contributed by atoms with van der Waals surface area (Å²) in [4.78, 5) is 22.9. The molecule has 0 fully saturated rings. The molecule has 6 heteroatoms. The molecule has 1 aromatic rings. The minimum Gasteiger partial charge on any atom is -0.481 e. The molecule has 1 atom stereocenters. The Bertz CT molecular complexity index is 514. The highest BCUT2D eigenvalue weighted by Gasteiger charge is 2.23. The van der Waals surface area contributed by atoms with Crippen molar-refractivity contribution in [2.24, 2.45) is 0 Å². The smallest absolute Gasteiger partial charge is 0.408 e. The molecule has 0 radical (unpaired) electrons. The van der Waals surface area contributed by atoms with E-state index in [1.807, 2.05) is 28.7 Å². The lowest BCUT2D eigenvalue weighted by atomic mass is 10.0. The topological polar surface area (TPSA) is 75.6 Å². The van der Waals surface area contributed by atoms with Gasteiger partial charge in [0.25, 0.3) is 0 Å². The Labute approximate surface area is 137 Å². The fraction of sp³-hybridized carbons (Fsp3) is 0.333. The molecule has 1 amide bonds. The number of carboxylic acid groups (broad SMARTS) is 1. The maximum absolute atomic E-state index is 11.9. The van der Waals surface area contributed by atoms with Gasteiger partial charge in [0.15, 0.2) is 0 Å². The second-order valence-corrected chi connectivity index (χ2v) is 5.71. The second kappa shape index (κ2) is 8.02. The predicted octanol–water partition coefficient (Wildman–Crippen LogP) is 3.66. The molecule has 114 valence electrons. The van der Waals surface area contributed by atoms with Crippen LogP contribution in [0.25, 0.3) is 0 Å². The van der Waals surface area contributed by atoms with Crippen molar-refractivity contribution in [1.29, 1.82) is 0 Å². The fourth-order valence-electron chi connectivity index (χ4n) is 1.71. The minimum absolute atomic E-state index is 0.207. The number of carboxylic acids is 1. The van der Waals surface area contributed by atoms with Crippen LogP contribution in [0.4, 0.5) is 4.79 Å². The van der Waals surface area contributed by atoms with Crippen LogP contribution in [0.1, 0.15) is 31.9 Å². The third kappa shape index (κ3) is 6.61. The standard InChI is InChI=1S/C15H18INO4/c1-15(2,8-9-16)21-14(20)17-12(10-13(18)19)11-6-4-3-5-7-11/h3-9,12H,10H2,1-2H3,(H,17,20)(H,18,19)/b9-8-. The number of alkyl carbamates (subject to hydrolysis) is 1. The van der Waals surface area contributed by atoms with Gasteiger partial charge in [-0.3, -0.25) is 4.79 Å². The molecular weight excluding hydrogens is 385 g/mol. The molecule has 0 spiro atoms. The average molecular weight is 403 g/mol. The highest BCUT2D eigenvalue weighted by molar-refractivity contribution is 14.1. The van der Waals surface area contributed by atoms with Crippen LogP contribution in [0.15, 0.2) is 40.5 Å². The number of amides is 1. The summed E-state index contributed by atoms with van der Waals surface area (Å²) in [6, 6.07) is 8.32. The lowest BCUT2D eigenvalue weighted by Gasteiger charge is -2.24. The summed E-state index contributed by atoms with van der Waals surface area (Å²) in [5.41, 5.74) is -0.0329. The summed E-state index contributed by atoms with van der Waals surface area (Å²) in [5.74, 6) is -0.990. The maximum Gasteiger partial charge on any atom is 0.408 e. The summed E-state index contributed by atoms with van der Waals surface area (Å²) in [7, 11) is 0. The molecular formula is C15H18INO4. The largest absolute Gasteiger partial charge is 0.481 e. The number of halogens is 1. The van der Waals surface area contributed by atoms with E-state index in [4.69, 9.17) is 9.84 Å². The molecule has 0 aliphatic rings. The molecule has 0 saturated heterocycles. The molecule has 0 aliphatic heterocycles. The van der Waals surface area contributed by atoms with Gasteiger partial charge in [0.2, 0.25) is 0 Å².